The van der Waals surface area contributed by atoms with E-state index in [-0.39, 0.29) is 0 Å². The lowest BCUT2D eigenvalue weighted by Crippen LogP contribution is -2.10. The highest BCUT2D eigenvalue weighted by Gasteiger charge is 2.20. The van der Waals surface area contributed by atoms with Crippen LogP contribution in [0.1, 0.15) is 30.7 Å². The molecule has 0 fully saturated rings. The molecular weight excluding hydrogens is 288 g/mol. The van der Waals surface area contributed by atoms with Gasteiger partial charge in [0.25, 0.3) is 0 Å². The summed E-state index contributed by atoms with van der Waals surface area (Å²) in [5, 5.41) is 15.3. The first-order valence-corrected chi connectivity index (χ1v) is 7.18. The first kappa shape index (κ1) is 14.0. The third-order valence-electron chi connectivity index (χ3n) is 3.34. The highest BCUT2D eigenvalue weighted by molar-refractivity contribution is 6.31. The molecule has 0 bridgehead atoms. The van der Waals surface area contributed by atoms with Gasteiger partial charge in [0.05, 0.1) is 27.9 Å². The fourth-order valence-corrected chi connectivity index (χ4v) is 2.59. The summed E-state index contributed by atoms with van der Waals surface area (Å²) in [5.41, 5.74) is 2.87. The summed E-state index contributed by atoms with van der Waals surface area (Å²) >= 11 is 6.17. The van der Waals surface area contributed by atoms with Crippen molar-refractivity contribution in [2.75, 3.05) is 0 Å². The third-order valence-corrected chi connectivity index (χ3v) is 3.63. The molecule has 1 aromatic carbocycles. The maximum Gasteiger partial charge on any atom is 0.122 e. The SMILES string of the molecule is CCCn1ncc(Cl)c1C(O)c1ccc2nccnc2c1. The van der Waals surface area contributed by atoms with E-state index >= 15 is 0 Å². The zero-order valence-electron chi connectivity index (χ0n) is 11.6. The Morgan fingerprint density at radius 2 is 2.00 bits per heavy atom. The number of aliphatic hydroxyl groups is 1. The minimum absolute atomic E-state index is 0.468. The van der Waals surface area contributed by atoms with Gasteiger partial charge in [-0.3, -0.25) is 14.6 Å². The number of halogens is 1. The van der Waals surface area contributed by atoms with Gasteiger partial charge in [-0.2, -0.15) is 5.10 Å². The van der Waals surface area contributed by atoms with E-state index in [0.717, 1.165) is 23.0 Å². The number of nitrogens with zero attached hydrogens (tertiary/aromatic N) is 4. The highest BCUT2D eigenvalue weighted by Crippen LogP contribution is 2.29. The van der Waals surface area contributed by atoms with E-state index in [2.05, 4.69) is 22.0 Å². The van der Waals surface area contributed by atoms with Gasteiger partial charge in [-0.1, -0.05) is 24.6 Å². The van der Waals surface area contributed by atoms with E-state index in [9.17, 15) is 5.11 Å². The Morgan fingerprint density at radius 1 is 1.24 bits per heavy atom. The molecule has 1 N–H and O–H groups in total. The number of hydrogen-bond donors (Lipinski definition) is 1. The minimum Gasteiger partial charge on any atom is -0.382 e. The van der Waals surface area contributed by atoms with Crippen LogP contribution in [0.4, 0.5) is 0 Å². The first-order valence-electron chi connectivity index (χ1n) is 6.80. The van der Waals surface area contributed by atoms with Gasteiger partial charge in [-0.25, -0.2) is 0 Å². The fraction of sp³-hybridized carbons (Fsp3) is 0.267. The van der Waals surface area contributed by atoms with Gasteiger partial charge in [0.1, 0.15) is 6.10 Å². The smallest absolute Gasteiger partial charge is 0.122 e. The molecule has 0 aliphatic rings. The molecule has 0 aliphatic heterocycles. The predicted molar refractivity (Wildman–Crippen MR) is 81.1 cm³/mol. The summed E-state index contributed by atoms with van der Waals surface area (Å²) < 4.78 is 1.74. The summed E-state index contributed by atoms with van der Waals surface area (Å²) in [5.74, 6) is 0. The molecule has 2 heterocycles. The van der Waals surface area contributed by atoms with Gasteiger partial charge in [0.15, 0.2) is 0 Å². The Bertz CT molecular complexity index is 771. The Kier molecular flexibility index (Phi) is 3.86. The number of hydrogen-bond acceptors (Lipinski definition) is 4. The van der Waals surface area contributed by atoms with Crippen LogP contribution in [0.5, 0.6) is 0 Å². The lowest BCUT2D eigenvalue weighted by atomic mass is 10.1. The van der Waals surface area contributed by atoms with Crippen LogP contribution in [-0.4, -0.2) is 24.9 Å². The van der Waals surface area contributed by atoms with Crippen LogP contribution in [0.3, 0.4) is 0 Å². The Hall–Kier alpha value is -1.98. The number of fused-ring (bicyclic) bond motifs is 1. The maximum absolute atomic E-state index is 10.6. The standard InChI is InChI=1S/C15H15ClN4O/c1-2-7-20-14(11(16)9-19-20)15(21)10-3-4-12-13(8-10)18-6-5-17-12/h3-6,8-9,15,21H,2,7H2,1H3. The number of benzene rings is 1. The van der Waals surface area contributed by atoms with Crippen LogP contribution >= 0.6 is 11.6 Å². The monoisotopic (exact) mass is 302 g/mol. The number of rotatable bonds is 4. The number of aliphatic hydroxyl groups excluding tert-OH is 1. The third kappa shape index (κ3) is 2.62. The van der Waals surface area contributed by atoms with Gasteiger partial charge in [-0.05, 0) is 24.1 Å². The van der Waals surface area contributed by atoms with E-state index in [4.69, 9.17) is 11.6 Å². The summed E-state index contributed by atoms with van der Waals surface area (Å²) in [6, 6.07) is 5.50. The van der Waals surface area contributed by atoms with E-state index in [1.54, 1.807) is 23.3 Å². The van der Waals surface area contributed by atoms with Crippen molar-refractivity contribution in [3.63, 3.8) is 0 Å². The van der Waals surface area contributed by atoms with Crippen LogP contribution in [0.25, 0.3) is 11.0 Å². The van der Waals surface area contributed by atoms with Crippen molar-refractivity contribution in [2.45, 2.75) is 26.0 Å². The molecule has 108 valence electrons. The van der Waals surface area contributed by atoms with Gasteiger partial charge >= 0.3 is 0 Å². The van der Waals surface area contributed by atoms with Crippen molar-refractivity contribution in [1.29, 1.82) is 0 Å². The molecule has 2 aromatic heterocycles. The second kappa shape index (κ2) is 5.79. The van der Waals surface area contributed by atoms with Gasteiger partial charge in [-0.15, -0.1) is 0 Å². The Balaban J connectivity index is 2.03. The fourth-order valence-electron chi connectivity index (χ4n) is 2.34. The molecule has 0 saturated heterocycles. The van der Waals surface area contributed by atoms with Crippen LogP contribution < -0.4 is 0 Å². The lowest BCUT2D eigenvalue weighted by molar-refractivity contribution is 0.207. The van der Waals surface area contributed by atoms with Gasteiger partial charge in [0.2, 0.25) is 0 Å². The van der Waals surface area contributed by atoms with Crippen molar-refractivity contribution in [2.24, 2.45) is 0 Å². The van der Waals surface area contributed by atoms with Crippen LogP contribution in [0, 0.1) is 0 Å². The summed E-state index contributed by atoms with van der Waals surface area (Å²) in [7, 11) is 0. The average molecular weight is 303 g/mol. The van der Waals surface area contributed by atoms with Crippen molar-refractivity contribution in [1.82, 2.24) is 19.7 Å². The Morgan fingerprint density at radius 3 is 2.76 bits per heavy atom. The molecule has 3 aromatic rings. The van der Waals surface area contributed by atoms with Crippen molar-refractivity contribution in [3.05, 3.63) is 53.1 Å². The van der Waals surface area contributed by atoms with Crippen LogP contribution in [0.2, 0.25) is 5.02 Å². The Labute approximate surface area is 127 Å². The van der Waals surface area contributed by atoms with Crippen molar-refractivity contribution in [3.8, 4) is 0 Å². The van der Waals surface area contributed by atoms with E-state index in [1.165, 1.54) is 0 Å². The quantitative estimate of drug-likeness (QED) is 0.805. The molecule has 0 aliphatic carbocycles. The molecule has 21 heavy (non-hydrogen) atoms. The highest BCUT2D eigenvalue weighted by atomic mass is 35.5. The normalized spacial score (nSPS) is 12.7. The van der Waals surface area contributed by atoms with Gasteiger partial charge < -0.3 is 5.11 Å². The summed E-state index contributed by atoms with van der Waals surface area (Å²) in [6.45, 7) is 2.77. The maximum atomic E-state index is 10.6. The second-order valence-electron chi connectivity index (χ2n) is 4.81. The minimum atomic E-state index is -0.835. The summed E-state index contributed by atoms with van der Waals surface area (Å²) in [6.07, 6.45) is 4.92. The molecule has 3 rings (SSSR count). The first-order chi connectivity index (χ1) is 10.2. The average Bonchev–Trinajstić information content (AvgIpc) is 2.87. The molecule has 0 amide bonds. The summed E-state index contributed by atoms with van der Waals surface area (Å²) in [4.78, 5) is 8.48. The molecule has 0 radical (unpaired) electrons. The molecule has 6 heteroatoms. The number of aryl methyl sites for hydroxylation is 1. The van der Waals surface area contributed by atoms with Crippen molar-refractivity contribution < 1.29 is 5.11 Å². The lowest BCUT2D eigenvalue weighted by Gasteiger charge is -2.14. The van der Waals surface area contributed by atoms with E-state index < -0.39 is 6.10 Å². The van der Waals surface area contributed by atoms with E-state index in [1.807, 2.05) is 18.2 Å². The zero-order valence-corrected chi connectivity index (χ0v) is 12.3. The second-order valence-corrected chi connectivity index (χ2v) is 5.22. The van der Waals surface area contributed by atoms with E-state index in [0.29, 0.717) is 17.3 Å². The zero-order chi connectivity index (χ0) is 14.8. The number of aromatic nitrogens is 4. The largest absolute Gasteiger partial charge is 0.382 e. The molecular formula is C15H15ClN4O. The topological polar surface area (TPSA) is 63.8 Å². The van der Waals surface area contributed by atoms with Gasteiger partial charge in [0, 0.05) is 18.9 Å². The molecule has 0 spiro atoms. The van der Waals surface area contributed by atoms with Crippen LogP contribution in [-0.2, 0) is 6.54 Å². The molecule has 1 unspecified atom stereocenters. The predicted octanol–water partition coefficient (Wildman–Crippen LogP) is 2.97. The van der Waals surface area contributed by atoms with Crippen molar-refractivity contribution >= 4 is 22.6 Å². The van der Waals surface area contributed by atoms with Crippen LogP contribution in [0.15, 0.2) is 36.8 Å². The molecule has 0 saturated carbocycles. The molecule has 5 nitrogen and oxygen atoms in total. The molecule has 1 atom stereocenters.